The van der Waals surface area contributed by atoms with E-state index in [2.05, 4.69) is 12.0 Å². The highest BCUT2D eigenvalue weighted by molar-refractivity contribution is 6.30. The maximum Gasteiger partial charge on any atom is 0.166 e. The number of rotatable bonds is 1. The molecule has 0 radical (unpaired) electrons. The van der Waals surface area contributed by atoms with E-state index in [4.69, 9.17) is 0 Å². The molecule has 2 nitrogen and oxygen atoms in total. The third-order valence-electron chi connectivity index (χ3n) is 1.10. The summed E-state index contributed by atoms with van der Waals surface area (Å²) in [6.45, 7) is 3.04. The lowest BCUT2D eigenvalue weighted by molar-refractivity contribution is 0.665. The highest BCUT2D eigenvalue weighted by Gasteiger charge is 1.86. The Kier molecular flexibility index (Phi) is 1.37. The highest BCUT2D eigenvalue weighted by Crippen LogP contribution is 1.77. The maximum atomic E-state index is 4.15. The Morgan fingerprint density at radius 2 is 2.62 bits per heavy atom. The summed E-state index contributed by atoms with van der Waals surface area (Å²) in [6.07, 6.45) is 1.98. The third-order valence-corrected chi connectivity index (χ3v) is 1.10. The maximum absolute atomic E-state index is 4.15. The summed E-state index contributed by atoms with van der Waals surface area (Å²) in [5.74, 6) is 0. The molecular formula is C5H9BN2. The predicted octanol–water partition coefficient (Wildman–Crippen LogP) is -0.839. The second kappa shape index (κ2) is 2.03. The Balaban J connectivity index is 2.84. The summed E-state index contributed by atoms with van der Waals surface area (Å²) in [4.78, 5) is 0. The van der Waals surface area contributed by atoms with Gasteiger partial charge in [0.05, 0.1) is 0 Å². The van der Waals surface area contributed by atoms with Crippen molar-refractivity contribution < 1.29 is 0 Å². The van der Waals surface area contributed by atoms with Gasteiger partial charge >= 0.3 is 0 Å². The van der Waals surface area contributed by atoms with E-state index in [1.165, 1.54) is 0 Å². The van der Waals surface area contributed by atoms with Gasteiger partial charge in [-0.1, -0.05) is 0 Å². The second-order valence-corrected chi connectivity index (χ2v) is 1.81. The van der Waals surface area contributed by atoms with Gasteiger partial charge in [0.2, 0.25) is 0 Å². The molecule has 0 amide bonds. The van der Waals surface area contributed by atoms with Gasteiger partial charge in [-0.15, -0.1) is 0 Å². The molecule has 1 aromatic heterocycles. The molecule has 0 aliphatic rings. The van der Waals surface area contributed by atoms with Crippen LogP contribution in [-0.2, 0) is 6.54 Å². The van der Waals surface area contributed by atoms with Gasteiger partial charge in [-0.05, 0) is 13.0 Å². The van der Waals surface area contributed by atoms with Crippen LogP contribution in [0, 0.1) is 0 Å². The summed E-state index contributed by atoms with van der Waals surface area (Å²) in [5, 5.41) is 4.15. The van der Waals surface area contributed by atoms with Crippen LogP contribution in [0.1, 0.15) is 6.92 Å². The van der Waals surface area contributed by atoms with Crippen LogP contribution in [0.25, 0.3) is 0 Å². The quantitative estimate of drug-likeness (QED) is 0.429. The molecule has 0 aliphatic carbocycles. The summed E-state index contributed by atoms with van der Waals surface area (Å²) in [5.41, 5.74) is 1.09. The van der Waals surface area contributed by atoms with E-state index in [9.17, 15) is 0 Å². The lowest BCUT2D eigenvalue weighted by atomic mass is 10.1. The van der Waals surface area contributed by atoms with Gasteiger partial charge in [0.1, 0.15) is 0 Å². The molecule has 0 aromatic carbocycles. The summed E-state index contributed by atoms with van der Waals surface area (Å²) < 4.78 is 1.91. The Morgan fingerprint density at radius 3 is 2.88 bits per heavy atom. The second-order valence-electron chi connectivity index (χ2n) is 1.81. The van der Waals surface area contributed by atoms with Crippen molar-refractivity contribution in [3.8, 4) is 0 Å². The van der Waals surface area contributed by atoms with Gasteiger partial charge in [-0.25, -0.2) is 0 Å². The van der Waals surface area contributed by atoms with Crippen LogP contribution < -0.4 is 5.59 Å². The molecule has 0 spiro atoms. The van der Waals surface area contributed by atoms with Crippen LogP contribution in [0.5, 0.6) is 0 Å². The van der Waals surface area contributed by atoms with Gasteiger partial charge < -0.3 is 0 Å². The van der Waals surface area contributed by atoms with Crippen molar-refractivity contribution in [3.63, 3.8) is 0 Å². The number of hydrogen-bond donors (Lipinski definition) is 0. The smallest absolute Gasteiger partial charge is 0.166 e. The average molecular weight is 108 g/mol. The van der Waals surface area contributed by atoms with E-state index in [0.717, 1.165) is 12.1 Å². The number of nitrogens with zero attached hydrogens (tertiary/aromatic N) is 2. The molecular weight excluding hydrogens is 98.9 g/mol. The van der Waals surface area contributed by atoms with Crippen molar-refractivity contribution in [1.29, 1.82) is 0 Å². The Hall–Kier alpha value is -0.725. The van der Waals surface area contributed by atoms with Crippen molar-refractivity contribution in [3.05, 3.63) is 12.3 Å². The molecule has 1 aromatic rings. The minimum Gasteiger partial charge on any atom is -0.274 e. The molecule has 8 heavy (non-hydrogen) atoms. The van der Waals surface area contributed by atoms with Crippen LogP contribution in [0.3, 0.4) is 0 Å². The standard InChI is InChI=1S/C5H9BN2/c1-2-8-4-3-5(6)7-8/h3-4H,2,6H2,1H3. The van der Waals surface area contributed by atoms with Gasteiger partial charge in [-0.3, -0.25) is 4.68 Å². The largest absolute Gasteiger partial charge is 0.274 e. The number of aryl methyl sites for hydroxylation is 1. The van der Waals surface area contributed by atoms with Crippen molar-refractivity contribution >= 4 is 13.4 Å². The lowest BCUT2D eigenvalue weighted by Crippen LogP contribution is -2.06. The first-order valence-electron chi connectivity index (χ1n) is 2.83. The molecule has 0 unspecified atom stereocenters. The fraction of sp³-hybridized carbons (Fsp3) is 0.400. The minimum absolute atomic E-state index is 0.966. The zero-order valence-electron chi connectivity index (χ0n) is 5.26. The molecule has 0 N–H and O–H groups in total. The molecule has 1 rings (SSSR count). The first kappa shape index (κ1) is 5.41. The van der Waals surface area contributed by atoms with Crippen LogP contribution in [0.4, 0.5) is 0 Å². The number of hydrogen-bond acceptors (Lipinski definition) is 1. The average Bonchev–Trinajstić information content (AvgIpc) is 2.14. The molecule has 0 atom stereocenters. The predicted molar refractivity (Wildman–Crippen MR) is 36.1 cm³/mol. The van der Waals surface area contributed by atoms with Gasteiger partial charge in [-0.2, -0.15) is 5.10 Å². The van der Waals surface area contributed by atoms with E-state index >= 15 is 0 Å². The van der Waals surface area contributed by atoms with Gasteiger partial charge in [0.25, 0.3) is 0 Å². The van der Waals surface area contributed by atoms with Crippen LogP contribution in [0.15, 0.2) is 12.3 Å². The van der Waals surface area contributed by atoms with Crippen LogP contribution >= 0.6 is 0 Å². The summed E-state index contributed by atoms with van der Waals surface area (Å²) >= 11 is 0. The molecule has 0 saturated carbocycles. The van der Waals surface area contributed by atoms with Crippen molar-refractivity contribution in [1.82, 2.24) is 9.78 Å². The molecule has 0 saturated heterocycles. The van der Waals surface area contributed by atoms with Crippen molar-refractivity contribution in [2.24, 2.45) is 0 Å². The topological polar surface area (TPSA) is 17.8 Å². The Bertz CT molecular complexity index is 171. The molecule has 42 valence electrons. The molecule has 0 fully saturated rings. The lowest BCUT2D eigenvalue weighted by Gasteiger charge is -1.89. The molecule has 0 bridgehead atoms. The van der Waals surface area contributed by atoms with Crippen LogP contribution in [-0.4, -0.2) is 17.6 Å². The van der Waals surface area contributed by atoms with E-state index in [1.807, 2.05) is 24.8 Å². The van der Waals surface area contributed by atoms with Crippen molar-refractivity contribution in [2.75, 3.05) is 0 Å². The zero-order chi connectivity index (χ0) is 5.98. The first-order chi connectivity index (χ1) is 3.83. The SMILES string of the molecule is Bc1ccn(CC)n1. The Morgan fingerprint density at radius 1 is 1.88 bits per heavy atom. The van der Waals surface area contributed by atoms with Crippen LogP contribution in [0.2, 0.25) is 0 Å². The first-order valence-corrected chi connectivity index (χ1v) is 2.83. The van der Waals surface area contributed by atoms with E-state index in [0.29, 0.717) is 0 Å². The normalized spacial score (nSPS) is 9.62. The summed E-state index contributed by atoms with van der Waals surface area (Å²) in [7, 11) is 1.99. The highest BCUT2D eigenvalue weighted by atomic mass is 15.3. The molecule has 0 aliphatic heterocycles. The molecule has 1 heterocycles. The van der Waals surface area contributed by atoms with E-state index in [-0.39, 0.29) is 0 Å². The fourth-order valence-corrected chi connectivity index (χ4v) is 0.639. The number of aromatic nitrogens is 2. The van der Waals surface area contributed by atoms with E-state index in [1.54, 1.807) is 0 Å². The van der Waals surface area contributed by atoms with Gasteiger partial charge in [0, 0.05) is 18.3 Å². The van der Waals surface area contributed by atoms with Crippen molar-refractivity contribution in [2.45, 2.75) is 13.5 Å². The van der Waals surface area contributed by atoms with E-state index < -0.39 is 0 Å². The minimum atomic E-state index is 0.966. The third kappa shape index (κ3) is 0.913. The zero-order valence-corrected chi connectivity index (χ0v) is 5.26. The van der Waals surface area contributed by atoms with Gasteiger partial charge in [0.15, 0.2) is 7.85 Å². The Labute approximate surface area is 49.9 Å². The monoisotopic (exact) mass is 108 g/mol. The summed E-state index contributed by atoms with van der Waals surface area (Å²) in [6, 6.07) is 2.00. The fourth-order valence-electron chi connectivity index (χ4n) is 0.639. The molecule has 3 heteroatoms.